The van der Waals surface area contributed by atoms with Crippen molar-refractivity contribution >= 4 is 29.9 Å². The fourth-order valence-electron chi connectivity index (χ4n) is 3.91. The zero-order chi connectivity index (χ0) is 21.0. The average molecular weight is 434 g/mol. The standard InChI is InChI=1S/C22H27N3O4.ClH/c1-14(26)24-19-9-16(10-20(28-2)21(19)29-3)22(27)25-12-17(11-23)18(13-25)15-7-5-4-6-8-15;/h4-10,17-18H,11-13,23H2,1-3H3,(H,24,26);1H/t17-,18+;/m1./s1. The highest BCUT2D eigenvalue weighted by atomic mass is 35.5. The average Bonchev–Trinajstić information content (AvgIpc) is 3.17. The summed E-state index contributed by atoms with van der Waals surface area (Å²) >= 11 is 0. The van der Waals surface area contributed by atoms with E-state index in [-0.39, 0.29) is 36.1 Å². The number of benzene rings is 2. The quantitative estimate of drug-likeness (QED) is 0.730. The lowest BCUT2D eigenvalue weighted by Crippen LogP contribution is -2.30. The van der Waals surface area contributed by atoms with Gasteiger partial charge in [-0.2, -0.15) is 0 Å². The molecule has 7 nitrogen and oxygen atoms in total. The van der Waals surface area contributed by atoms with E-state index in [1.54, 1.807) is 12.1 Å². The Bertz CT molecular complexity index is 891. The molecular weight excluding hydrogens is 406 g/mol. The van der Waals surface area contributed by atoms with Crippen LogP contribution in [0, 0.1) is 5.92 Å². The Hall–Kier alpha value is -2.77. The molecule has 2 aromatic carbocycles. The Morgan fingerprint density at radius 3 is 2.40 bits per heavy atom. The highest BCUT2D eigenvalue weighted by Crippen LogP contribution is 2.38. The number of nitrogens with zero attached hydrogens (tertiary/aromatic N) is 1. The summed E-state index contributed by atoms with van der Waals surface area (Å²) in [7, 11) is 2.98. The van der Waals surface area contributed by atoms with E-state index in [2.05, 4.69) is 17.4 Å². The van der Waals surface area contributed by atoms with Crippen LogP contribution in [0.4, 0.5) is 5.69 Å². The molecule has 0 unspecified atom stereocenters. The first-order valence-corrected chi connectivity index (χ1v) is 9.56. The monoisotopic (exact) mass is 433 g/mol. The van der Waals surface area contributed by atoms with Gasteiger partial charge in [0.15, 0.2) is 11.5 Å². The predicted octanol–water partition coefficient (Wildman–Crippen LogP) is 2.90. The number of rotatable bonds is 6. The number of nitrogens with one attached hydrogen (secondary N) is 1. The number of nitrogens with two attached hydrogens (primary N) is 1. The number of amides is 2. The first-order chi connectivity index (χ1) is 14.0. The second kappa shape index (κ2) is 10.3. The van der Waals surface area contributed by atoms with E-state index in [1.165, 1.54) is 26.7 Å². The predicted molar refractivity (Wildman–Crippen MR) is 119 cm³/mol. The summed E-state index contributed by atoms with van der Waals surface area (Å²) in [5.41, 5.74) is 8.01. The van der Waals surface area contributed by atoms with Gasteiger partial charge in [0.2, 0.25) is 5.91 Å². The molecule has 1 heterocycles. The molecule has 8 heteroatoms. The van der Waals surface area contributed by atoms with Crippen molar-refractivity contribution in [3.8, 4) is 11.5 Å². The van der Waals surface area contributed by atoms with Crippen molar-refractivity contribution in [3.63, 3.8) is 0 Å². The highest BCUT2D eigenvalue weighted by molar-refractivity contribution is 5.99. The molecule has 0 aliphatic carbocycles. The minimum Gasteiger partial charge on any atom is -0.493 e. The summed E-state index contributed by atoms with van der Waals surface area (Å²) in [5.74, 6) is 0.758. The van der Waals surface area contributed by atoms with Crippen molar-refractivity contribution in [2.45, 2.75) is 12.8 Å². The van der Waals surface area contributed by atoms with Gasteiger partial charge in [-0.15, -0.1) is 12.4 Å². The lowest BCUT2D eigenvalue weighted by atomic mass is 9.89. The molecule has 2 amide bonds. The topological polar surface area (TPSA) is 93.9 Å². The van der Waals surface area contributed by atoms with E-state index in [1.807, 2.05) is 23.1 Å². The first kappa shape index (κ1) is 23.5. The number of anilines is 1. The third kappa shape index (κ3) is 4.86. The fourth-order valence-corrected chi connectivity index (χ4v) is 3.91. The number of hydrogen-bond acceptors (Lipinski definition) is 5. The smallest absolute Gasteiger partial charge is 0.254 e. The Morgan fingerprint density at radius 2 is 1.83 bits per heavy atom. The van der Waals surface area contributed by atoms with Gasteiger partial charge in [-0.1, -0.05) is 30.3 Å². The molecule has 0 saturated carbocycles. The van der Waals surface area contributed by atoms with E-state index >= 15 is 0 Å². The van der Waals surface area contributed by atoms with Gasteiger partial charge in [0.05, 0.1) is 19.9 Å². The Labute approximate surface area is 182 Å². The molecule has 0 spiro atoms. The van der Waals surface area contributed by atoms with E-state index < -0.39 is 0 Å². The zero-order valence-corrected chi connectivity index (χ0v) is 18.2. The maximum Gasteiger partial charge on any atom is 0.254 e. The number of likely N-dealkylation sites (tertiary alicyclic amines) is 1. The summed E-state index contributed by atoms with van der Waals surface area (Å²) < 4.78 is 10.7. The molecule has 0 radical (unpaired) electrons. The van der Waals surface area contributed by atoms with Gasteiger partial charge in [-0.3, -0.25) is 9.59 Å². The molecule has 0 aromatic heterocycles. The maximum absolute atomic E-state index is 13.3. The molecule has 0 bridgehead atoms. The van der Waals surface area contributed by atoms with Crippen LogP contribution < -0.4 is 20.5 Å². The lowest BCUT2D eigenvalue weighted by Gasteiger charge is -2.19. The van der Waals surface area contributed by atoms with Crippen molar-refractivity contribution in [1.29, 1.82) is 0 Å². The molecular formula is C22H28ClN3O4. The van der Waals surface area contributed by atoms with Crippen molar-refractivity contribution < 1.29 is 19.1 Å². The van der Waals surface area contributed by atoms with Gasteiger partial charge in [-0.25, -0.2) is 0 Å². The molecule has 30 heavy (non-hydrogen) atoms. The minimum atomic E-state index is -0.261. The second-order valence-corrected chi connectivity index (χ2v) is 7.16. The molecule has 2 atom stereocenters. The summed E-state index contributed by atoms with van der Waals surface area (Å²) in [6.07, 6.45) is 0. The summed E-state index contributed by atoms with van der Waals surface area (Å²) in [6, 6.07) is 13.4. The largest absolute Gasteiger partial charge is 0.493 e. The number of ether oxygens (including phenoxy) is 2. The lowest BCUT2D eigenvalue weighted by molar-refractivity contribution is -0.114. The Morgan fingerprint density at radius 1 is 1.13 bits per heavy atom. The highest BCUT2D eigenvalue weighted by Gasteiger charge is 2.36. The van der Waals surface area contributed by atoms with E-state index in [9.17, 15) is 9.59 Å². The third-order valence-electron chi connectivity index (χ3n) is 5.30. The SMILES string of the molecule is COc1cc(C(=O)N2C[C@@H](CN)[C@H](c3ccccc3)C2)cc(NC(C)=O)c1OC.Cl. The van der Waals surface area contributed by atoms with E-state index in [0.29, 0.717) is 42.4 Å². The summed E-state index contributed by atoms with van der Waals surface area (Å²) in [6.45, 7) is 3.08. The molecule has 1 aliphatic heterocycles. The summed E-state index contributed by atoms with van der Waals surface area (Å²) in [4.78, 5) is 26.7. The van der Waals surface area contributed by atoms with Crippen LogP contribution in [0.15, 0.2) is 42.5 Å². The van der Waals surface area contributed by atoms with Gasteiger partial charge < -0.3 is 25.4 Å². The second-order valence-electron chi connectivity index (χ2n) is 7.16. The van der Waals surface area contributed by atoms with Crippen LogP contribution in [0.2, 0.25) is 0 Å². The van der Waals surface area contributed by atoms with Gasteiger partial charge in [0.25, 0.3) is 5.91 Å². The normalized spacial score (nSPS) is 17.8. The molecule has 162 valence electrons. The number of halogens is 1. The van der Waals surface area contributed by atoms with Crippen molar-refractivity contribution in [3.05, 3.63) is 53.6 Å². The van der Waals surface area contributed by atoms with Crippen LogP contribution in [0.25, 0.3) is 0 Å². The van der Waals surface area contributed by atoms with Crippen LogP contribution >= 0.6 is 12.4 Å². The fraction of sp³-hybridized carbons (Fsp3) is 0.364. The molecule has 1 saturated heterocycles. The van der Waals surface area contributed by atoms with Crippen molar-refractivity contribution in [1.82, 2.24) is 4.90 Å². The number of carbonyl (C=O) groups excluding carboxylic acids is 2. The van der Waals surface area contributed by atoms with Crippen LogP contribution in [0.1, 0.15) is 28.8 Å². The van der Waals surface area contributed by atoms with E-state index in [0.717, 1.165) is 0 Å². The first-order valence-electron chi connectivity index (χ1n) is 9.56. The Kier molecular flexibility index (Phi) is 8.08. The molecule has 3 rings (SSSR count). The van der Waals surface area contributed by atoms with Gasteiger partial charge in [0, 0.05) is 31.5 Å². The summed E-state index contributed by atoms with van der Waals surface area (Å²) in [5, 5.41) is 2.70. The van der Waals surface area contributed by atoms with Crippen LogP contribution in [0.3, 0.4) is 0 Å². The van der Waals surface area contributed by atoms with Crippen molar-refractivity contribution in [2.75, 3.05) is 39.2 Å². The number of carbonyl (C=O) groups is 2. The number of hydrogen-bond donors (Lipinski definition) is 2. The molecule has 1 aliphatic rings. The van der Waals surface area contributed by atoms with Crippen LogP contribution in [-0.2, 0) is 4.79 Å². The maximum atomic E-state index is 13.3. The van der Waals surface area contributed by atoms with Gasteiger partial charge in [-0.05, 0) is 30.2 Å². The van der Waals surface area contributed by atoms with Gasteiger partial charge in [0.1, 0.15) is 0 Å². The molecule has 1 fully saturated rings. The van der Waals surface area contributed by atoms with Crippen LogP contribution in [0.5, 0.6) is 11.5 Å². The van der Waals surface area contributed by atoms with Crippen molar-refractivity contribution in [2.24, 2.45) is 11.7 Å². The zero-order valence-electron chi connectivity index (χ0n) is 17.4. The molecule has 2 aromatic rings. The Balaban J connectivity index is 0.00000320. The third-order valence-corrected chi connectivity index (χ3v) is 5.30. The minimum absolute atomic E-state index is 0. The van der Waals surface area contributed by atoms with E-state index in [4.69, 9.17) is 15.2 Å². The van der Waals surface area contributed by atoms with Crippen LogP contribution in [-0.4, -0.2) is 50.6 Å². The van der Waals surface area contributed by atoms with Gasteiger partial charge >= 0.3 is 0 Å². The number of methoxy groups -OCH3 is 2. The molecule has 3 N–H and O–H groups in total.